The molecule has 0 unspecified atom stereocenters. The van der Waals surface area contributed by atoms with Gasteiger partial charge in [-0.05, 0) is 45.0 Å². The lowest BCUT2D eigenvalue weighted by atomic mass is 10.1. The molecule has 1 amide bonds. The van der Waals surface area contributed by atoms with Crippen LogP contribution in [0.2, 0.25) is 0 Å². The average molecular weight is 339 g/mol. The summed E-state index contributed by atoms with van der Waals surface area (Å²) in [5.74, 6) is 0. The van der Waals surface area contributed by atoms with Crippen molar-refractivity contribution in [1.29, 1.82) is 0 Å². The van der Waals surface area contributed by atoms with Crippen molar-refractivity contribution in [2.24, 2.45) is 0 Å². The lowest BCUT2D eigenvalue weighted by Gasteiger charge is -2.20. The predicted molar refractivity (Wildman–Crippen MR) is 82.3 cm³/mol. The number of carbonyl (C=O) groups is 1. The minimum absolute atomic E-state index is 0.102. The van der Waals surface area contributed by atoms with Crippen LogP contribution < -0.4 is 5.32 Å². The fourth-order valence-corrected chi connectivity index (χ4v) is 1.86. The Bertz CT molecular complexity index is 726. The van der Waals surface area contributed by atoms with Crippen LogP contribution in [0, 0.1) is 0 Å². The van der Waals surface area contributed by atoms with Gasteiger partial charge in [-0.1, -0.05) is 0 Å². The molecule has 2 rings (SSSR count). The average Bonchev–Trinajstić information content (AvgIpc) is 2.45. The molecule has 1 N–H and O–H groups in total. The molecule has 0 spiro atoms. The van der Waals surface area contributed by atoms with Gasteiger partial charge < -0.3 is 4.74 Å². The molecule has 2 heterocycles. The highest BCUT2D eigenvalue weighted by Gasteiger charge is 2.36. The van der Waals surface area contributed by atoms with Crippen molar-refractivity contribution >= 4 is 11.8 Å². The van der Waals surface area contributed by atoms with Crippen LogP contribution in [0.4, 0.5) is 23.7 Å². The van der Waals surface area contributed by atoms with Gasteiger partial charge >= 0.3 is 12.3 Å². The summed E-state index contributed by atoms with van der Waals surface area (Å²) in [4.78, 5) is 19.2. The summed E-state index contributed by atoms with van der Waals surface area (Å²) in [5.41, 5.74) is -1.96. The van der Waals surface area contributed by atoms with E-state index in [4.69, 9.17) is 4.74 Å². The van der Waals surface area contributed by atoms with Gasteiger partial charge in [0.05, 0.1) is 11.4 Å². The Morgan fingerprint density at radius 1 is 1.17 bits per heavy atom. The third kappa shape index (κ3) is 4.68. The van der Waals surface area contributed by atoms with Crippen LogP contribution in [-0.4, -0.2) is 21.7 Å². The highest BCUT2D eigenvalue weighted by atomic mass is 19.4. The van der Waals surface area contributed by atoms with E-state index >= 15 is 0 Å². The van der Waals surface area contributed by atoms with Gasteiger partial charge in [0.25, 0.3) is 0 Å². The highest BCUT2D eigenvalue weighted by molar-refractivity contribution is 5.86. The van der Waals surface area contributed by atoms with Crippen molar-refractivity contribution in [3.63, 3.8) is 0 Å². The Balaban J connectivity index is 2.37. The van der Waals surface area contributed by atoms with Gasteiger partial charge in [-0.2, -0.15) is 13.2 Å². The highest BCUT2D eigenvalue weighted by Crippen LogP contribution is 2.35. The van der Waals surface area contributed by atoms with Crippen molar-refractivity contribution in [2.45, 2.75) is 32.5 Å². The second-order valence-electron chi connectivity index (χ2n) is 5.96. The van der Waals surface area contributed by atoms with E-state index in [1.54, 1.807) is 32.9 Å². The Morgan fingerprint density at radius 2 is 1.88 bits per heavy atom. The molecule has 0 aliphatic heterocycles. The minimum atomic E-state index is -4.73. The fraction of sp³-hybridized carbons (Fsp3) is 0.312. The van der Waals surface area contributed by atoms with Crippen LogP contribution in [0.25, 0.3) is 11.3 Å². The number of ether oxygens (including phenoxy) is 1. The first-order chi connectivity index (χ1) is 11.1. The maximum Gasteiger partial charge on any atom is 0.435 e. The molecular weight excluding hydrogens is 323 g/mol. The van der Waals surface area contributed by atoms with Crippen LogP contribution >= 0.6 is 0 Å². The normalized spacial score (nSPS) is 11.9. The van der Waals surface area contributed by atoms with E-state index in [0.29, 0.717) is 5.56 Å². The van der Waals surface area contributed by atoms with Crippen molar-refractivity contribution < 1.29 is 22.7 Å². The van der Waals surface area contributed by atoms with E-state index in [1.165, 1.54) is 18.5 Å². The number of alkyl halides is 3. The first kappa shape index (κ1) is 17.7. The van der Waals surface area contributed by atoms with Gasteiger partial charge in [-0.15, -0.1) is 0 Å². The zero-order chi connectivity index (χ0) is 18.0. The van der Waals surface area contributed by atoms with Crippen LogP contribution in [0.3, 0.4) is 0 Å². The zero-order valence-corrected chi connectivity index (χ0v) is 13.3. The summed E-state index contributed by atoms with van der Waals surface area (Å²) in [6.07, 6.45) is -2.80. The molecule has 0 aromatic carbocycles. The summed E-state index contributed by atoms with van der Waals surface area (Å²) >= 11 is 0. The molecule has 0 saturated carbocycles. The molecule has 0 bridgehead atoms. The van der Waals surface area contributed by atoms with E-state index in [1.807, 2.05) is 0 Å². The number of anilines is 1. The summed E-state index contributed by atoms with van der Waals surface area (Å²) < 4.78 is 44.8. The second-order valence-corrected chi connectivity index (χ2v) is 5.96. The molecule has 24 heavy (non-hydrogen) atoms. The molecule has 0 saturated heterocycles. The zero-order valence-electron chi connectivity index (χ0n) is 13.3. The number of hydrogen-bond acceptors (Lipinski definition) is 4. The van der Waals surface area contributed by atoms with Gasteiger partial charge in [-0.25, -0.2) is 9.78 Å². The number of nitrogens with one attached hydrogen (secondary N) is 1. The summed E-state index contributed by atoms with van der Waals surface area (Å²) in [6, 6.07) is 5.70. The number of rotatable bonds is 2. The number of nitrogens with zero attached hydrogens (tertiary/aromatic N) is 2. The maximum atomic E-state index is 13.3. The van der Waals surface area contributed by atoms with Crippen LogP contribution in [0.1, 0.15) is 26.5 Å². The van der Waals surface area contributed by atoms with Crippen LogP contribution in [0.5, 0.6) is 0 Å². The van der Waals surface area contributed by atoms with E-state index in [2.05, 4.69) is 15.3 Å². The summed E-state index contributed by atoms with van der Waals surface area (Å²) in [7, 11) is 0. The molecule has 0 aliphatic carbocycles. The molecule has 0 aliphatic rings. The second kappa shape index (κ2) is 6.46. The maximum absolute atomic E-state index is 13.3. The van der Waals surface area contributed by atoms with Gasteiger partial charge in [-0.3, -0.25) is 10.3 Å². The van der Waals surface area contributed by atoms with E-state index in [-0.39, 0.29) is 5.69 Å². The van der Waals surface area contributed by atoms with Crippen molar-refractivity contribution in [1.82, 2.24) is 9.97 Å². The minimum Gasteiger partial charge on any atom is -0.444 e. The van der Waals surface area contributed by atoms with Crippen molar-refractivity contribution in [3.8, 4) is 11.3 Å². The number of hydrogen-bond donors (Lipinski definition) is 1. The number of halogens is 3. The van der Waals surface area contributed by atoms with E-state index in [0.717, 1.165) is 6.07 Å². The van der Waals surface area contributed by atoms with Crippen LogP contribution in [0.15, 0.2) is 36.7 Å². The smallest absolute Gasteiger partial charge is 0.435 e. The third-order valence-electron chi connectivity index (χ3n) is 2.76. The number of pyridine rings is 2. The Labute approximate surface area is 136 Å². The molecule has 0 fully saturated rings. The number of aromatic nitrogens is 2. The molecule has 2 aromatic heterocycles. The Morgan fingerprint density at radius 3 is 2.42 bits per heavy atom. The largest absolute Gasteiger partial charge is 0.444 e. The first-order valence-corrected chi connectivity index (χ1v) is 7.05. The molecule has 0 radical (unpaired) electrons. The standard InChI is InChI=1S/C16H16F3N3O2/c1-15(2,3)24-14(23)22-12-7-6-11(10-5-4-8-20-9-10)21-13(12)16(17,18)19/h4-9H,1-3H3,(H,22,23). The summed E-state index contributed by atoms with van der Waals surface area (Å²) in [5, 5.41) is 2.09. The lowest BCUT2D eigenvalue weighted by Crippen LogP contribution is -2.28. The number of carbonyl (C=O) groups excluding carboxylic acids is 1. The molecule has 2 aromatic rings. The third-order valence-corrected chi connectivity index (χ3v) is 2.76. The molecule has 8 heteroatoms. The quantitative estimate of drug-likeness (QED) is 0.874. The number of amides is 1. The lowest BCUT2D eigenvalue weighted by molar-refractivity contribution is -0.140. The fourth-order valence-electron chi connectivity index (χ4n) is 1.86. The first-order valence-electron chi connectivity index (χ1n) is 7.05. The Hall–Kier alpha value is -2.64. The van der Waals surface area contributed by atoms with Crippen molar-refractivity contribution in [2.75, 3.05) is 5.32 Å². The van der Waals surface area contributed by atoms with Gasteiger partial charge in [0.15, 0.2) is 5.69 Å². The van der Waals surface area contributed by atoms with E-state index < -0.39 is 29.3 Å². The van der Waals surface area contributed by atoms with E-state index in [9.17, 15) is 18.0 Å². The summed E-state index contributed by atoms with van der Waals surface area (Å²) in [6.45, 7) is 4.84. The van der Waals surface area contributed by atoms with Crippen LogP contribution in [-0.2, 0) is 10.9 Å². The predicted octanol–water partition coefficient (Wildman–Crippen LogP) is 4.51. The molecule has 128 valence electrons. The molecular formula is C16H16F3N3O2. The molecule has 5 nitrogen and oxygen atoms in total. The Kier molecular flexibility index (Phi) is 4.77. The van der Waals surface area contributed by atoms with Gasteiger partial charge in [0.2, 0.25) is 0 Å². The SMILES string of the molecule is CC(C)(C)OC(=O)Nc1ccc(-c2cccnc2)nc1C(F)(F)F. The monoisotopic (exact) mass is 339 g/mol. The van der Waals surface area contributed by atoms with Gasteiger partial charge in [0.1, 0.15) is 5.60 Å². The van der Waals surface area contributed by atoms with Crippen molar-refractivity contribution in [3.05, 3.63) is 42.4 Å². The van der Waals surface area contributed by atoms with Gasteiger partial charge in [0, 0.05) is 18.0 Å². The molecule has 0 atom stereocenters. The topological polar surface area (TPSA) is 64.1 Å².